The van der Waals surface area contributed by atoms with Gasteiger partial charge in [-0.05, 0) is 41.2 Å². The molecule has 3 aromatic rings. The third-order valence-corrected chi connectivity index (χ3v) is 6.32. The van der Waals surface area contributed by atoms with Gasteiger partial charge in [0.2, 0.25) is 12.7 Å². The Morgan fingerprint density at radius 3 is 2.44 bits per heavy atom. The smallest absolute Gasteiger partial charge is 0.231 e. The molecule has 0 saturated carbocycles. The second-order valence-electron chi connectivity index (χ2n) is 8.63. The van der Waals surface area contributed by atoms with E-state index in [-0.39, 0.29) is 18.6 Å². The molecule has 5 rings (SSSR count). The van der Waals surface area contributed by atoms with Crippen LogP contribution < -0.4 is 14.8 Å². The van der Waals surface area contributed by atoms with E-state index >= 15 is 0 Å². The highest BCUT2D eigenvalue weighted by atomic mass is 16.7. The molecule has 1 saturated heterocycles. The molecule has 3 aromatic carbocycles. The van der Waals surface area contributed by atoms with Gasteiger partial charge in [0, 0.05) is 26.2 Å². The molecule has 0 aromatic heterocycles. The number of nitrogens with one attached hydrogen (secondary N) is 1. The van der Waals surface area contributed by atoms with Crippen LogP contribution in [0.4, 0.5) is 0 Å². The summed E-state index contributed by atoms with van der Waals surface area (Å²) in [4.78, 5) is 15.6. The van der Waals surface area contributed by atoms with Gasteiger partial charge in [0.15, 0.2) is 11.5 Å². The molecule has 32 heavy (non-hydrogen) atoms. The molecule has 2 atom stereocenters. The van der Waals surface area contributed by atoms with E-state index in [1.807, 2.05) is 30.3 Å². The maximum atomic E-state index is 13.2. The number of piperidine rings is 1. The number of nitrogens with zero attached hydrogens (tertiary/aromatic N) is 1. The predicted octanol–water partition coefficient (Wildman–Crippen LogP) is 4.34. The lowest BCUT2D eigenvalue weighted by atomic mass is 9.84. The fourth-order valence-electron chi connectivity index (χ4n) is 4.70. The van der Waals surface area contributed by atoms with Crippen molar-refractivity contribution in [3.8, 4) is 11.5 Å². The van der Waals surface area contributed by atoms with Crippen LogP contribution in [0.2, 0.25) is 0 Å². The van der Waals surface area contributed by atoms with Gasteiger partial charge >= 0.3 is 0 Å². The minimum Gasteiger partial charge on any atom is -0.454 e. The zero-order valence-corrected chi connectivity index (χ0v) is 18.1. The molecule has 2 aliphatic heterocycles. The molecule has 2 unspecified atom stereocenters. The van der Waals surface area contributed by atoms with Gasteiger partial charge < -0.3 is 14.8 Å². The summed E-state index contributed by atoms with van der Waals surface area (Å²) in [5.74, 6) is 1.91. The van der Waals surface area contributed by atoms with Crippen LogP contribution in [0.5, 0.6) is 11.5 Å². The number of fused-ring (bicyclic) bond motifs is 1. The van der Waals surface area contributed by atoms with Crippen LogP contribution in [-0.2, 0) is 17.9 Å². The molecule has 164 valence electrons. The first-order valence-electron chi connectivity index (χ1n) is 11.2. The number of likely N-dealkylation sites (tertiary alicyclic amines) is 1. The van der Waals surface area contributed by atoms with Crippen molar-refractivity contribution >= 4 is 5.91 Å². The average Bonchev–Trinajstić information content (AvgIpc) is 3.31. The number of carbonyl (C=O) groups excluding carboxylic acids is 1. The normalized spacial score (nSPS) is 20.1. The van der Waals surface area contributed by atoms with Gasteiger partial charge in [-0.2, -0.15) is 0 Å². The van der Waals surface area contributed by atoms with Crippen LogP contribution in [0, 0.1) is 5.92 Å². The molecule has 5 nitrogen and oxygen atoms in total. The molecule has 5 heteroatoms. The van der Waals surface area contributed by atoms with Gasteiger partial charge in [0.1, 0.15) is 0 Å². The van der Waals surface area contributed by atoms with Crippen LogP contribution in [0.3, 0.4) is 0 Å². The Hall–Kier alpha value is -3.31. The van der Waals surface area contributed by atoms with E-state index in [0.717, 1.165) is 43.1 Å². The highest BCUT2D eigenvalue weighted by Crippen LogP contribution is 2.33. The third kappa shape index (κ3) is 4.78. The molecule has 0 spiro atoms. The van der Waals surface area contributed by atoms with Crippen molar-refractivity contribution in [2.45, 2.75) is 25.4 Å². The van der Waals surface area contributed by atoms with Crippen molar-refractivity contribution in [3.05, 3.63) is 95.6 Å². The Kier molecular flexibility index (Phi) is 6.08. The number of rotatable bonds is 6. The SMILES string of the molecule is O=C(NCc1ccc2c(c1)OCO2)C1CC(c2ccccc2)CN(Cc2ccccc2)C1. The van der Waals surface area contributed by atoms with E-state index in [2.05, 4.69) is 58.7 Å². The fraction of sp³-hybridized carbons (Fsp3) is 0.296. The van der Waals surface area contributed by atoms with Gasteiger partial charge in [-0.1, -0.05) is 66.7 Å². The van der Waals surface area contributed by atoms with Gasteiger partial charge in [-0.15, -0.1) is 0 Å². The lowest BCUT2D eigenvalue weighted by Gasteiger charge is -2.37. The van der Waals surface area contributed by atoms with Crippen molar-refractivity contribution in [2.24, 2.45) is 5.92 Å². The molecule has 0 aliphatic carbocycles. The zero-order valence-electron chi connectivity index (χ0n) is 18.1. The standard InChI is InChI=1S/C27H28N2O3/c30-27(28-15-21-11-12-25-26(13-21)32-19-31-25)24-14-23(22-9-5-2-6-10-22)17-29(18-24)16-20-7-3-1-4-8-20/h1-13,23-24H,14-19H2,(H,28,30). The molecule has 2 aliphatic rings. The first-order chi connectivity index (χ1) is 15.7. The summed E-state index contributed by atoms with van der Waals surface area (Å²) in [5.41, 5.74) is 3.60. The van der Waals surface area contributed by atoms with Gasteiger partial charge in [0.05, 0.1) is 5.92 Å². The molecular formula is C27H28N2O3. The van der Waals surface area contributed by atoms with Crippen LogP contribution in [-0.4, -0.2) is 30.7 Å². The molecule has 1 fully saturated rings. The average molecular weight is 429 g/mol. The van der Waals surface area contributed by atoms with E-state index in [1.54, 1.807) is 0 Å². The largest absolute Gasteiger partial charge is 0.454 e. The number of amides is 1. The molecule has 0 bridgehead atoms. The summed E-state index contributed by atoms with van der Waals surface area (Å²) in [6, 6.07) is 26.9. The van der Waals surface area contributed by atoms with Crippen molar-refractivity contribution in [3.63, 3.8) is 0 Å². The van der Waals surface area contributed by atoms with Crippen molar-refractivity contribution in [1.82, 2.24) is 10.2 Å². The van der Waals surface area contributed by atoms with Gasteiger partial charge in [0.25, 0.3) is 0 Å². The summed E-state index contributed by atoms with van der Waals surface area (Å²) >= 11 is 0. The highest BCUT2D eigenvalue weighted by molar-refractivity contribution is 5.79. The third-order valence-electron chi connectivity index (χ3n) is 6.32. The Morgan fingerprint density at radius 2 is 1.62 bits per heavy atom. The molecule has 1 N–H and O–H groups in total. The van der Waals surface area contributed by atoms with E-state index in [1.165, 1.54) is 11.1 Å². The quantitative estimate of drug-likeness (QED) is 0.635. The molecule has 1 amide bonds. The highest BCUT2D eigenvalue weighted by Gasteiger charge is 2.32. The molecule has 0 radical (unpaired) electrons. The first kappa shape index (κ1) is 20.6. The maximum absolute atomic E-state index is 13.2. The number of hydrogen-bond donors (Lipinski definition) is 1. The number of carbonyl (C=O) groups is 1. The fourth-order valence-corrected chi connectivity index (χ4v) is 4.70. The number of hydrogen-bond acceptors (Lipinski definition) is 4. The van der Waals surface area contributed by atoms with E-state index in [9.17, 15) is 4.79 Å². The lowest BCUT2D eigenvalue weighted by molar-refractivity contribution is -0.127. The van der Waals surface area contributed by atoms with Gasteiger partial charge in [-0.25, -0.2) is 0 Å². The molecular weight excluding hydrogens is 400 g/mol. The predicted molar refractivity (Wildman–Crippen MR) is 123 cm³/mol. The molecule has 2 heterocycles. The summed E-state index contributed by atoms with van der Waals surface area (Å²) < 4.78 is 10.8. The van der Waals surface area contributed by atoms with Crippen LogP contribution in [0.1, 0.15) is 29.0 Å². The summed E-state index contributed by atoms with van der Waals surface area (Å²) in [6.45, 7) is 3.33. The van der Waals surface area contributed by atoms with Crippen molar-refractivity contribution in [1.29, 1.82) is 0 Å². The Balaban J connectivity index is 1.27. The minimum atomic E-state index is -0.0494. The zero-order chi connectivity index (χ0) is 21.8. The Morgan fingerprint density at radius 1 is 0.875 bits per heavy atom. The summed E-state index contributed by atoms with van der Waals surface area (Å²) in [5, 5.41) is 3.15. The Bertz CT molecular complexity index is 1060. The monoisotopic (exact) mass is 428 g/mol. The van der Waals surface area contributed by atoms with Gasteiger partial charge in [-0.3, -0.25) is 9.69 Å². The van der Waals surface area contributed by atoms with Crippen molar-refractivity contribution in [2.75, 3.05) is 19.9 Å². The Labute approximate surface area is 189 Å². The maximum Gasteiger partial charge on any atom is 0.231 e. The van der Waals surface area contributed by atoms with Crippen molar-refractivity contribution < 1.29 is 14.3 Å². The number of ether oxygens (including phenoxy) is 2. The van der Waals surface area contributed by atoms with E-state index in [0.29, 0.717) is 12.5 Å². The van der Waals surface area contributed by atoms with Crippen LogP contribution in [0.25, 0.3) is 0 Å². The summed E-state index contributed by atoms with van der Waals surface area (Å²) in [6.07, 6.45) is 0.863. The second-order valence-corrected chi connectivity index (χ2v) is 8.63. The lowest BCUT2D eigenvalue weighted by Crippen LogP contribution is -2.45. The van der Waals surface area contributed by atoms with Crippen LogP contribution >= 0.6 is 0 Å². The first-order valence-corrected chi connectivity index (χ1v) is 11.2. The topological polar surface area (TPSA) is 50.8 Å². The van der Waals surface area contributed by atoms with Crippen LogP contribution in [0.15, 0.2) is 78.9 Å². The van der Waals surface area contributed by atoms with E-state index in [4.69, 9.17) is 9.47 Å². The number of benzene rings is 3. The van der Waals surface area contributed by atoms with E-state index < -0.39 is 0 Å². The minimum absolute atomic E-state index is 0.0494. The second kappa shape index (κ2) is 9.45. The summed E-state index contributed by atoms with van der Waals surface area (Å²) in [7, 11) is 0.